The zero-order valence-electron chi connectivity index (χ0n) is 13.4. The van der Waals surface area contributed by atoms with Crippen molar-refractivity contribution in [2.24, 2.45) is 5.92 Å². The number of hydrogen-bond acceptors (Lipinski definition) is 2. The van der Waals surface area contributed by atoms with Crippen molar-refractivity contribution in [2.45, 2.75) is 59.1 Å². The zero-order valence-corrected chi connectivity index (χ0v) is 13.4. The summed E-state index contributed by atoms with van der Waals surface area (Å²) in [5, 5.41) is 10.3. The number of carbonyl (C=O) groups is 1. The summed E-state index contributed by atoms with van der Waals surface area (Å²) < 4.78 is 0. The monoisotopic (exact) mass is 289 g/mol. The highest BCUT2D eigenvalue weighted by Gasteiger charge is 2.21. The number of aliphatic hydroxyl groups excluding tert-OH is 1. The van der Waals surface area contributed by atoms with Gasteiger partial charge in [-0.25, -0.2) is 0 Å². The number of fused-ring (bicyclic) bond motifs is 1. The summed E-state index contributed by atoms with van der Waals surface area (Å²) >= 11 is 0. The molecule has 0 fully saturated rings. The van der Waals surface area contributed by atoms with Crippen LogP contribution in [0.5, 0.6) is 0 Å². The maximum atomic E-state index is 12.0. The Kier molecular flexibility index (Phi) is 5.40. The normalized spacial score (nSPS) is 16.0. The fourth-order valence-electron chi connectivity index (χ4n) is 2.95. The van der Waals surface area contributed by atoms with E-state index in [-0.39, 0.29) is 5.91 Å². The highest BCUT2D eigenvalue weighted by Crippen LogP contribution is 2.26. The van der Waals surface area contributed by atoms with Crippen molar-refractivity contribution < 1.29 is 9.90 Å². The van der Waals surface area contributed by atoms with Gasteiger partial charge in [0.1, 0.15) is 0 Å². The molecule has 0 aromatic heterocycles. The third kappa shape index (κ3) is 4.07. The van der Waals surface area contributed by atoms with Crippen molar-refractivity contribution in [3.8, 4) is 0 Å². The molecule has 1 aliphatic rings. The molecular weight excluding hydrogens is 262 g/mol. The van der Waals surface area contributed by atoms with Crippen molar-refractivity contribution in [3.05, 3.63) is 34.9 Å². The standard InChI is InChI=1S/C18H27NO2/c1-4-5-18(21)19-9-8-14-6-7-15(11-16(14)12-19)17(20)10-13(2)3/h6-7,11,13,17,20H,4-5,8-10,12H2,1-3H3. The summed E-state index contributed by atoms with van der Waals surface area (Å²) in [5.74, 6) is 0.718. The first-order chi connectivity index (χ1) is 10.0. The lowest BCUT2D eigenvalue weighted by atomic mass is 9.93. The number of hydrogen-bond donors (Lipinski definition) is 1. The average molecular weight is 289 g/mol. The van der Waals surface area contributed by atoms with Gasteiger partial charge in [0.15, 0.2) is 0 Å². The molecule has 1 N–H and O–H groups in total. The van der Waals surface area contributed by atoms with Crippen LogP contribution in [0.3, 0.4) is 0 Å². The van der Waals surface area contributed by atoms with E-state index in [1.807, 2.05) is 17.9 Å². The lowest BCUT2D eigenvalue weighted by molar-refractivity contribution is -0.132. The summed E-state index contributed by atoms with van der Waals surface area (Å²) in [6.07, 6.45) is 2.82. The quantitative estimate of drug-likeness (QED) is 0.902. The molecule has 3 heteroatoms. The molecule has 1 heterocycles. The predicted octanol–water partition coefficient (Wildman–Crippen LogP) is 3.45. The molecule has 1 aromatic rings. The molecule has 0 saturated heterocycles. The summed E-state index contributed by atoms with van der Waals surface area (Å²) in [7, 11) is 0. The predicted molar refractivity (Wildman–Crippen MR) is 84.9 cm³/mol. The molecule has 1 aliphatic heterocycles. The number of rotatable bonds is 5. The van der Waals surface area contributed by atoms with Crippen LogP contribution in [0.25, 0.3) is 0 Å². The second-order valence-electron chi connectivity index (χ2n) is 6.49. The molecule has 1 aromatic carbocycles. The van der Waals surface area contributed by atoms with Gasteiger partial charge in [-0.3, -0.25) is 4.79 Å². The van der Waals surface area contributed by atoms with E-state index in [0.717, 1.165) is 31.4 Å². The lowest BCUT2D eigenvalue weighted by Gasteiger charge is -2.29. The van der Waals surface area contributed by atoms with Crippen LogP contribution < -0.4 is 0 Å². The van der Waals surface area contributed by atoms with Gasteiger partial charge in [-0.15, -0.1) is 0 Å². The Balaban J connectivity index is 2.12. The van der Waals surface area contributed by atoms with Gasteiger partial charge in [-0.1, -0.05) is 39.0 Å². The van der Waals surface area contributed by atoms with Gasteiger partial charge in [0.2, 0.25) is 5.91 Å². The van der Waals surface area contributed by atoms with Crippen molar-refractivity contribution in [3.63, 3.8) is 0 Å². The molecule has 0 bridgehead atoms. The fourth-order valence-corrected chi connectivity index (χ4v) is 2.95. The second-order valence-corrected chi connectivity index (χ2v) is 6.49. The highest BCUT2D eigenvalue weighted by molar-refractivity contribution is 5.76. The van der Waals surface area contributed by atoms with Gasteiger partial charge in [-0.2, -0.15) is 0 Å². The van der Waals surface area contributed by atoms with Gasteiger partial charge in [0, 0.05) is 19.5 Å². The Bertz CT molecular complexity index is 496. The lowest BCUT2D eigenvalue weighted by Crippen LogP contribution is -2.35. The van der Waals surface area contributed by atoms with Crippen LogP contribution in [-0.2, 0) is 17.8 Å². The Morgan fingerprint density at radius 1 is 1.33 bits per heavy atom. The first-order valence-corrected chi connectivity index (χ1v) is 8.08. The number of amides is 1. The van der Waals surface area contributed by atoms with Gasteiger partial charge in [-0.05, 0) is 41.9 Å². The van der Waals surface area contributed by atoms with Crippen LogP contribution in [0.2, 0.25) is 0 Å². The Morgan fingerprint density at radius 2 is 2.10 bits per heavy atom. The third-order valence-electron chi connectivity index (χ3n) is 4.14. The largest absolute Gasteiger partial charge is 0.388 e. The van der Waals surface area contributed by atoms with E-state index in [1.165, 1.54) is 11.1 Å². The SMILES string of the molecule is CCCC(=O)N1CCc2ccc(C(O)CC(C)C)cc2C1. The van der Waals surface area contributed by atoms with E-state index in [0.29, 0.717) is 18.9 Å². The van der Waals surface area contributed by atoms with Crippen LogP contribution >= 0.6 is 0 Å². The number of aliphatic hydroxyl groups is 1. The number of nitrogens with zero attached hydrogens (tertiary/aromatic N) is 1. The Morgan fingerprint density at radius 3 is 2.76 bits per heavy atom. The van der Waals surface area contributed by atoms with E-state index >= 15 is 0 Å². The van der Waals surface area contributed by atoms with E-state index in [2.05, 4.69) is 26.0 Å². The molecule has 0 aliphatic carbocycles. The van der Waals surface area contributed by atoms with E-state index in [4.69, 9.17) is 0 Å². The minimum atomic E-state index is -0.406. The van der Waals surface area contributed by atoms with Crippen molar-refractivity contribution >= 4 is 5.91 Å². The van der Waals surface area contributed by atoms with Crippen LogP contribution in [-0.4, -0.2) is 22.5 Å². The topological polar surface area (TPSA) is 40.5 Å². The summed E-state index contributed by atoms with van der Waals surface area (Å²) in [4.78, 5) is 14.0. The molecule has 1 atom stereocenters. The minimum Gasteiger partial charge on any atom is -0.388 e. The molecule has 21 heavy (non-hydrogen) atoms. The number of carbonyl (C=O) groups excluding carboxylic acids is 1. The van der Waals surface area contributed by atoms with E-state index in [9.17, 15) is 9.90 Å². The van der Waals surface area contributed by atoms with Gasteiger partial charge in [0.25, 0.3) is 0 Å². The van der Waals surface area contributed by atoms with E-state index in [1.54, 1.807) is 0 Å². The van der Waals surface area contributed by atoms with Crippen LogP contribution in [0.1, 0.15) is 62.8 Å². The van der Waals surface area contributed by atoms with Gasteiger partial charge >= 0.3 is 0 Å². The van der Waals surface area contributed by atoms with Gasteiger partial charge in [0.05, 0.1) is 6.10 Å². The molecular formula is C18H27NO2. The minimum absolute atomic E-state index is 0.247. The molecule has 1 unspecified atom stereocenters. The third-order valence-corrected chi connectivity index (χ3v) is 4.14. The summed E-state index contributed by atoms with van der Waals surface area (Å²) in [6.45, 7) is 7.78. The molecule has 0 spiro atoms. The van der Waals surface area contributed by atoms with Crippen LogP contribution in [0, 0.1) is 5.92 Å². The maximum Gasteiger partial charge on any atom is 0.222 e. The number of benzene rings is 1. The first kappa shape index (κ1) is 16.0. The van der Waals surface area contributed by atoms with Crippen molar-refractivity contribution in [1.29, 1.82) is 0 Å². The van der Waals surface area contributed by atoms with Gasteiger partial charge < -0.3 is 10.0 Å². The molecule has 2 rings (SSSR count). The second kappa shape index (κ2) is 7.08. The molecule has 0 radical (unpaired) electrons. The average Bonchev–Trinajstić information content (AvgIpc) is 2.45. The van der Waals surface area contributed by atoms with Crippen molar-refractivity contribution in [1.82, 2.24) is 4.90 Å². The smallest absolute Gasteiger partial charge is 0.222 e. The molecule has 3 nitrogen and oxygen atoms in total. The Labute approximate surface area is 128 Å². The highest BCUT2D eigenvalue weighted by atomic mass is 16.3. The molecule has 116 valence electrons. The fraction of sp³-hybridized carbons (Fsp3) is 0.611. The first-order valence-electron chi connectivity index (χ1n) is 8.08. The maximum absolute atomic E-state index is 12.0. The van der Waals surface area contributed by atoms with E-state index < -0.39 is 6.10 Å². The van der Waals surface area contributed by atoms with Crippen LogP contribution in [0.15, 0.2) is 18.2 Å². The van der Waals surface area contributed by atoms with Crippen LogP contribution in [0.4, 0.5) is 0 Å². The zero-order chi connectivity index (χ0) is 15.4. The summed E-state index contributed by atoms with van der Waals surface area (Å²) in [6, 6.07) is 6.25. The molecule has 1 amide bonds. The van der Waals surface area contributed by atoms with Crippen molar-refractivity contribution in [2.75, 3.05) is 6.54 Å². The molecule has 0 saturated carbocycles. The summed E-state index contributed by atoms with van der Waals surface area (Å²) in [5.41, 5.74) is 3.49. The Hall–Kier alpha value is -1.35.